The predicted molar refractivity (Wildman–Crippen MR) is 108 cm³/mol. The molecule has 2 nitrogen and oxygen atoms in total. The van der Waals surface area contributed by atoms with Crippen molar-refractivity contribution in [2.45, 2.75) is 56.7 Å². The first kappa shape index (κ1) is 19.9. The summed E-state index contributed by atoms with van der Waals surface area (Å²) in [6.07, 6.45) is 2.77. The summed E-state index contributed by atoms with van der Waals surface area (Å²) in [6, 6.07) is 14.2. The molecule has 0 heterocycles. The van der Waals surface area contributed by atoms with Gasteiger partial charge in [-0.05, 0) is 60.2 Å². The van der Waals surface area contributed by atoms with Gasteiger partial charge < -0.3 is 5.32 Å². The fraction of sp³-hybridized carbons (Fsp3) is 0.381. The SMILES string of the molecule is CCc1ccc(CC)c(CNC(=O)[C@@H](CC)Sc2ccc(Cl)cc2)c1. The van der Waals surface area contributed by atoms with Gasteiger partial charge in [0.1, 0.15) is 0 Å². The van der Waals surface area contributed by atoms with E-state index in [9.17, 15) is 4.79 Å². The number of thioether (sulfide) groups is 1. The Labute approximate surface area is 160 Å². The van der Waals surface area contributed by atoms with Crippen LogP contribution in [0.2, 0.25) is 5.02 Å². The molecule has 1 atom stereocenters. The molecule has 134 valence electrons. The van der Waals surface area contributed by atoms with Crippen LogP contribution in [0.25, 0.3) is 0 Å². The fourth-order valence-electron chi connectivity index (χ4n) is 2.70. The zero-order valence-corrected chi connectivity index (χ0v) is 16.7. The third-order valence-electron chi connectivity index (χ3n) is 4.27. The Balaban J connectivity index is 2.01. The quantitative estimate of drug-likeness (QED) is 0.604. The van der Waals surface area contributed by atoms with Crippen LogP contribution in [0.4, 0.5) is 0 Å². The maximum Gasteiger partial charge on any atom is 0.233 e. The van der Waals surface area contributed by atoms with Crippen molar-refractivity contribution in [1.82, 2.24) is 5.32 Å². The molecule has 0 aliphatic rings. The molecule has 0 aliphatic heterocycles. The fourth-order valence-corrected chi connectivity index (χ4v) is 3.81. The smallest absolute Gasteiger partial charge is 0.233 e. The maximum atomic E-state index is 12.6. The standard InChI is InChI=1S/C21H26ClNOS/c1-4-15-7-8-16(5-2)17(13-15)14-23-21(24)20(6-3)25-19-11-9-18(22)10-12-19/h7-13,20H,4-6,14H2,1-3H3,(H,23,24)/t20-/m1/s1. The second-order valence-electron chi connectivity index (χ2n) is 6.00. The van der Waals surface area contributed by atoms with E-state index in [1.807, 2.05) is 31.2 Å². The van der Waals surface area contributed by atoms with Crippen molar-refractivity contribution in [2.75, 3.05) is 0 Å². The lowest BCUT2D eigenvalue weighted by molar-refractivity contribution is -0.120. The molecule has 1 N–H and O–H groups in total. The van der Waals surface area contributed by atoms with E-state index < -0.39 is 0 Å². The minimum absolute atomic E-state index is 0.0893. The highest BCUT2D eigenvalue weighted by Crippen LogP contribution is 2.27. The summed E-state index contributed by atoms with van der Waals surface area (Å²) >= 11 is 7.51. The summed E-state index contributed by atoms with van der Waals surface area (Å²) in [6.45, 7) is 6.94. The van der Waals surface area contributed by atoms with Crippen LogP contribution in [0.3, 0.4) is 0 Å². The third kappa shape index (κ3) is 5.79. The van der Waals surface area contributed by atoms with E-state index >= 15 is 0 Å². The maximum absolute atomic E-state index is 12.6. The third-order valence-corrected chi connectivity index (χ3v) is 5.90. The number of benzene rings is 2. The normalized spacial score (nSPS) is 12.0. The van der Waals surface area contributed by atoms with Crippen LogP contribution in [-0.4, -0.2) is 11.2 Å². The van der Waals surface area contributed by atoms with Crippen molar-refractivity contribution in [3.8, 4) is 0 Å². The molecule has 0 fully saturated rings. The van der Waals surface area contributed by atoms with Gasteiger partial charge in [0.2, 0.25) is 5.91 Å². The van der Waals surface area contributed by atoms with E-state index in [1.54, 1.807) is 11.8 Å². The molecule has 0 unspecified atom stereocenters. The van der Waals surface area contributed by atoms with Crippen molar-refractivity contribution in [3.05, 3.63) is 64.2 Å². The Morgan fingerprint density at radius 2 is 1.76 bits per heavy atom. The summed E-state index contributed by atoms with van der Waals surface area (Å²) in [7, 11) is 0. The predicted octanol–water partition coefficient (Wildman–Crippen LogP) is 5.65. The van der Waals surface area contributed by atoms with Gasteiger partial charge in [-0.15, -0.1) is 11.8 Å². The minimum atomic E-state index is -0.0967. The summed E-state index contributed by atoms with van der Waals surface area (Å²) < 4.78 is 0. The molecule has 0 bridgehead atoms. The van der Waals surface area contributed by atoms with Crippen LogP contribution in [0, 0.1) is 0 Å². The Morgan fingerprint density at radius 3 is 2.36 bits per heavy atom. The van der Waals surface area contributed by atoms with Crippen LogP contribution >= 0.6 is 23.4 Å². The van der Waals surface area contributed by atoms with E-state index in [0.717, 1.165) is 24.2 Å². The number of aryl methyl sites for hydroxylation is 2. The summed E-state index contributed by atoms with van der Waals surface area (Å²) in [5, 5.41) is 3.74. The van der Waals surface area contributed by atoms with Crippen molar-refractivity contribution >= 4 is 29.3 Å². The first-order valence-corrected chi connectivity index (χ1v) is 10.1. The number of nitrogens with one attached hydrogen (secondary N) is 1. The van der Waals surface area contributed by atoms with Crippen LogP contribution < -0.4 is 5.32 Å². The highest BCUT2D eigenvalue weighted by Gasteiger charge is 2.18. The van der Waals surface area contributed by atoms with E-state index in [0.29, 0.717) is 11.6 Å². The second-order valence-corrected chi connectivity index (χ2v) is 7.71. The van der Waals surface area contributed by atoms with Crippen LogP contribution in [0.15, 0.2) is 47.4 Å². The Kier molecular flexibility index (Phi) is 7.86. The van der Waals surface area contributed by atoms with E-state index in [1.165, 1.54) is 16.7 Å². The topological polar surface area (TPSA) is 29.1 Å². The van der Waals surface area contributed by atoms with Crippen LogP contribution in [0.5, 0.6) is 0 Å². The molecule has 0 aliphatic carbocycles. The van der Waals surface area contributed by atoms with E-state index in [-0.39, 0.29) is 11.2 Å². The summed E-state index contributed by atoms with van der Waals surface area (Å²) in [5.74, 6) is 0.0893. The average molecular weight is 376 g/mol. The van der Waals surface area contributed by atoms with Gasteiger partial charge in [0.15, 0.2) is 0 Å². The van der Waals surface area contributed by atoms with Gasteiger partial charge in [-0.1, -0.05) is 50.6 Å². The van der Waals surface area contributed by atoms with Gasteiger partial charge in [-0.25, -0.2) is 0 Å². The average Bonchev–Trinajstić information content (AvgIpc) is 2.65. The molecule has 4 heteroatoms. The first-order chi connectivity index (χ1) is 12.1. The molecule has 0 radical (unpaired) electrons. The van der Waals surface area contributed by atoms with E-state index in [2.05, 4.69) is 37.4 Å². The molecular weight excluding hydrogens is 350 g/mol. The summed E-state index contributed by atoms with van der Waals surface area (Å²) in [4.78, 5) is 13.7. The molecule has 0 spiro atoms. The Morgan fingerprint density at radius 1 is 1.04 bits per heavy atom. The zero-order valence-electron chi connectivity index (χ0n) is 15.1. The minimum Gasteiger partial charge on any atom is -0.351 e. The number of rotatable bonds is 8. The monoisotopic (exact) mass is 375 g/mol. The number of carbonyl (C=O) groups excluding carboxylic acids is 1. The molecule has 2 rings (SSSR count). The molecular formula is C21H26ClNOS. The number of amides is 1. The molecule has 2 aromatic carbocycles. The zero-order chi connectivity index (χ0) is 18.2. The van der Waals surface area contributed by atoms with Gasteiger partial charge in [0.25, 0.3) is 0 Å². The first-order valence-electron chi connectivity index (χ1n) is 8.87. The van der Waals surface area contributed by atoms with Crippen LogP contribution in [-0.2, 0) is 24.2 Å². The molecule has 0 aromatic heterocycles. The van der Waals surface area contributed by atoms with Crippen LogP contribution in [0.1, 0.15) is 43.9 Å². The molecule has 2 aromatic rings. The van der Waals surface area contributed by atoms with E-state index in [4.69, 9.17) is 11.6 Å². The van der Waals surface area contributed by atoms with Gasteiger partial charge in [0, 0.05) is 16.5 Å². The molecule has 25 heavy (non-hydrogen) atoms. The van der Waals surface area contributed by atoms with Crippen molar-refractivity contribution in [2.24, 2.45) is 0 Å². The lowest BCUT2D eigenvalue weighted by atomic mass is 10.0. The number of halogens is 1. The van der Waals surface area contributed by atoms with Gasteiger partial charge >= 0.3 is 0 Å². The molecule has 0 saturated heterocycles. The second kappa shape index (κ2) is 9.88. The molecule has 1 amide bonds. The number of carbonyl (C=O) groups is 1. The van der Waals surface area contributed by atoms with Gasteiger partial charge in [0.05, 0.1) is 5.25 Å². The summed E-state index contributed by atoms with van der Waals surface area (Å²) in [5.41, 5.74) is 3.83. The van der Waals surface area contributed by atoms with Gasteiger partial charge in [-0.3, -0.25) is 4.79 Å². The lowest BCUT2D eigenvalue weighted by Gasteiger charge is -2.16. The lowest BCUT2D eigenvalue weighted by Crippen LogP contribution is -2.32. The largest absolute Gasteiger partial charge is 0.351 e. The van der Waals surface area contributed by atoms with Gasteiger partial charge in [-0.2, -0.15) is 0 Å². The van der Waals surface area contributed by atoms with Crippen molar-refractivity contribution in [3.63, 3.8) is 0 Å². The highest BCUT2D eigenvalue weighted by molar-refractivity contribution is 8.00. The Bertz CT molecular complexity index is 700. The number of hydrogen-bond donors (Lipinski definition) is 1. The van der Waals surface area contributed by atoms with Crippen molar-refractivity contribution in [1.29, 1.82) is 0 Å². The number of hydrogen-bond acceptors (Lipinski definition) is 2. The van der Waals surface area contributed by atoms with Crippen molar-refractivity contribution < 1.29 is 4.79 Å². The Hall–Kier alpha value is -1.45. The molecule has 0 saturated carbocycles. The highest BCUT2D eigenvalue weighted by atomic mass is 35.5.